The molecule has 2 aromatic carbocycles. The van der Waals surface area contributed by atoms with Crippen LogP contribution >= 0.6 is 11.6 Å². The molecule has 1 aliphatic carbocycles. The van der Waals surface area contributed by atoms with Crippen molar-refractivity contribution in [3.63, 3.8) is 0 Å². The van der Waals surface area contributed by atoms with Crippen LogP contribution in [0.2, 0.25) is 5.02 Å². The molecule has 2 amide bonds. The van der Waals surface area contributed by atoms with Gasteiger partial charge in [-0.15, -0.1) is 0 Å². The Morgan fingerprint density at radius 1 is 1.14 bits per heavy atom. The average Bonchev–Trinajstić information content (AvgIpc) is 2.83. The molecule has 1 aromatic heterocycles. The van der Waals surface area contributed by atoms with Crippen LogP contribution in [0.1, 0.15) is 60.1 Å². The maximum Gasteiger partial charge on any atom is 0.254 e. The van der Waals surface area contributed by atoms with E-state index in [2.05, 4.69) is 15.6 Å². The summed E-state index contributed by atoms with van der Waals surface area (Å²) in [4.78, 5) is 32.8. The number of hydrogen-bond donors (Lipinski definition) is 3. The zero-order valence-corrected chi connectivity index (χ0v) is 20.1. The number of nitrogens with zero attached hydrogens (tertiary/aromatic N) is 2. The highest BCUT2D eigenvalue weighted by atomic mass is 35.5. The van der Waals surface area contributed by atoms with Crippen molar-refractivity contribution >= 4 is 29.2 Å². The smallest absolute Gasteiger partial charge is 0.254 e. The summed E-state index contributed by atoms with van der Waals surface area (Å²) < 4.78 is 14.9. The molecular weight excluding hydrogens is 469 g/mol. The molecule has 1 saturated carbocycles. The molecule has 0 radical (unpaired) electrons. The largest absolute Gasteiger partial charge is 0.382 e. The number of amides is 2. The maximum absolute atomic E-state index is 14.9. The molecule has 4 N–H and O–H groups in total. The molecule has 1 heterocycles. The van der Waals surface area contributed by atoms with Crippen LogP contribution in [0.15, 0.2) is 48.7 Å². The van der Waals surface area contributed by atoms with Crippen LogP contribution in [0.4, 0.5) is 10.2 Å². The van der Waals surface area contributed by atoms with E-state index in [-0.39, 0.29) is 35.8 Å². The van der Waals surface area contributed by atoms with Gasteiger partial charge in [-0.1, -0.05) is 29.8 Å². The molecular formula is C26H27ClFN5O2. The fraction of sp³-hybridized carbons (Fsp3) is 0.308. The summed E-state index contributed by atoms with van der Waals surface area (Å²) in [5, 5.41) is 6.23. The fourth-order valence-corrected chi connectivity index (χ4v) is 4.63. The van der Waals surface area contributed by atoms with Crippen LogP contribution in [0.5, 0.6) is 0 Å². The standard InChI is InChI=1S/C26H27ClFN5O2/c1-15(34)32-20-8-5-17(6-9-20)23-14-30-25(29)24(33-23)18-7-10-21(22(28)12-18)26(35)31-13-16-3-2-4-19(27)11-16/h2-4,7,10-12,14,17,20H,5-6,8-9,13H2,1H3,(H2,29,30)(H,31,35)(H,32,34)/t17-,20+. The summed E-state index contributed by atoms with van der Waals surface area (Å²) in [6, 6.07) is 11.6. The Kier molecular flexibility index (Phi) is 7.60. The number of nitrogen functional groups attached to an aromatic ring is 1. The lowest BCUT2D eigenvalue weighted by atomic mass is 9.84. The summed E-state index contributed by atoms with van der Waals surface area (Å²) in [7, 11) is 0. The third-order valence-corrected chi connectivity index (χ3v) is 6.44. The van der Waals surface area contributed by atoms with E-state index >= 15 is 0 Å². The number of nitrogens with one attached hydrogen (secondary N) is 2. The van der Waals surface area contributed by atoms with Crippen LogP contribution in [0, 0.1) is 5.82 Å². The number of benzene rings is 2. The van der Waals surface area contributed by atoms with Crippen LogP contribution in [0.3, 0.4) is 0 Å². The van der Waals surface area contributed by atoms with Gasteiger partial charge in [-0.3, -0.25) is 9.59 Å². The molecule has 3 aromatic rings. The van der Waals surface area contributed by atoms with E-state index in [0.717, 1.165) is 36.9 Å². The van der Waals surface area contributed by atoms with Gasteiger partial charge in [-0.2, -0.15) is 0 Å². The number of nitrogens with two attached hydrogens (primary N) is 1. The highest BCUT2D eigenvalue weighted by molar-refractivity contribution is 6.30. The third kappa shape index (κ3) is 6.14. The van der Waals surface area contributed by atoms with Crippen molar-refractivity contribution in [3.8, 4) is 11.3 Å². The van der Waals surface area contributed by atoms with E-state index in [0.29, 0.717) is 16.3 Å². The normalized spacial score (nSPS) is 17.6. The molecule has 0 atom stereocenters. The number of rotatable bonds is 6. The SMILES string of the molecule is CC(=O)N[C@H]1CC[C@@H](c2cnc(N)c(-c3ccc(C(=O)NCc4cccc(Cl)c4)c(F)c3)n2)CC1. The zero-order valence-electron chi connectivity index (χ0n) is 19.4. The quantitative estimate of drug-likeness (QED) is 0.462. The first kappa shape index (κ1) is 24.6. The van der Waals surface area contributed by atoms with E-state index in [1.165, 1.54) is 19.1 Å². The van der Waals surface area contributed by atoms with E-state index < -0.39 is 11.7 Å². The van der Waals surface area contributed by atoms with Crippen molar-refractivity contribution in [2.45, 2.75) is 51.1 Å². The average molecular weight is 496 g/mol. The van der Waals surface area contributed by atoms with Crippen molar-refractivity contribution in [1.29, 1.82) is 0 Å². The van der Waals surface area contributed by atoms with Crippen molar-refractivity contribution in [2.75, 3.05) is 5.73 Å². The molecule has 0 bridgehead atoms. The Morgan fingerprint density at radius 2 is 1.91 bits per heavy atom. The van der Waals surface area contributed by atoms with Gasteiger partial charge in [-0.25, -0.2) is 14.4 Å². The van der Waals surface area contributed by atoms with Gasteiger partial charge in [0, 0.05) is 36.0 Å². The minimum Gasteiger partial charge on any atom is -0.382 e. The molecule has 0 saturated heterocycles. The first-order valence-corrected chi connectivity index (χ1v) is 11.9. The van der Waals surface area contributed by atoms with Gasteiger partial charge in [0.25, 0.3) is 5.91 Å². The molecule has 0 unspecified atom stereocenters. The van der Waals surface area contributed by atoms with Crippen molar-refractivity contribution in [3.05, 3.63) is 76.3 Å². The Labute approximate surface area is 208 Å². The van der Waals surface area contributed by atoms with E-state index in [1.807, 2.05) is 6.07 Å². The Balaban J connectivity index is 1.47. The molecule has 1 fully saturated rings. The second-order valence-corrected chi connectivity index (χ2v) is 9.22. The zero-order chi connectivity index (χ0) is 24.9. The first-order chi connectivity index (χ1) is 16.8. The number of carbonyl (C=O) groups excluding carboxylic acids is 2. The van der Waals surface area contributed by atoms with Crippen molar-refractivity contribution in [2.24, 2.45) is 0 Å². The van der Waals surface area contributed by atoms with Gasteiger partial charge < -0.3 is 16.4 Å². The van der Waals surface area contributed by atoms with Gasteiger partial charge in [0.1, 0.15) is 17.3 Å². The highest BCUT2D eigenvalue weighted by Gasteiger charge is 2.25. The topological polar surface area (TPSA) is 110 Å². The Bertz CT molecular complexity index is 1240. The van der Waals surface area contributed by atoms with E-state index in [9.17, 15) is 14.0 Å². The Hall–Kier alpha value is -3.52. The summed E-state index contributed by atoms with van der Waals surface area (Å²) in [5.74, 6) is -0.843. The second kappa shape index (κ2) is 10.8. The monoisotopic (exact) mass is 495 g/mol. The fourth-order valence-electron chi connectivity index (χ4n) is 4.41. The van der Waals surface area contributed by atoms with E-state index in [1.54, 1.807) is 30.5 Å². The predicted octanol–water partition coefficient (Wildman–Crippen LogP) is 4.61. The van der Waals surface area contributed by atoms with Crippen LogP contribution in [-0.4, -0.2) is 27.8 Å². The Morgan fingerprint density at radius 3 is 2.60 bits per heavy atom. The van der Waals surface area contributed by atoms with Gasteiger partial charge in [0.15, 0.2) is 0 Å². The number of anilines is 1. The number of halogens is 2. The van der Waals surface area contributed by atoms with Gasteiger partial charge >= 0.3 is 0 Å². The number of carbonyl (C=O) groups is 2. The molecule has 7 nitrogen and oxygen atoms in total. The van der Waals surface area contributed by atoms with Gasteiger partial charge in [-0.05, 0) is 55.5 Å². The summed E-state index contributed by atoms with van der Waals surface area (Å²) in [6.07, 6.45) is 5.11. The lowest BCUT2D eigenvalue weighted by Gasteiger charge is -2.28. The van der Waals surface area contributed by atoms with Crippen molar-refractivity contribution < 1.29 is 14.0 Å². The molecule has 9 heteroatoms. The minimum absolute atomic E-state index is 0.0216. The molecule has 0 spiro atoms. The molecule has 1 aliphatic rings. The third-order valence-electron chi connectivity index (χ3n) is 6.20. The summed E-state index contributed by atoms with van der Waals surface area (Å²) in [5.41, 5.74) is 8.43. The minimum atomic E-state index is -0.673. The number of hydrogen-bond acceptors (Lipinski definition) is 5. The van der Waals surface area contributed by atoms with Crippen LogP contribution in [-0.2, 0) is 11.3 Å². The number of aromatic nitrogens is 2. The maximum atomic E-state index is 14.9. The molecule has 4 rings (SSSR count). The first-order valence-electron chi connectivity index (χ1n) is 11.5. The van der Waals surface area contributed by atoms with Crippen LogP contribution in [0.25, 0.3) is 11.3 Å². The molecule has 182 valence electrons. The summed E-state index contributed by atoms with van der Waals surface area (Å²) in [6.45, 7) is 1.75. The van der Waals surface area contributed by atoms with Gasteiger partial charge in [0.2, 0.25) is 5.91 Å². The van der Waals surface area contributed by atoms with Gasteiger partial charge in [0.05, 0.1) is 17.5 Å². The van der Waals surface area contributed by atoms with E-state index in [4.69, 9.17) is 22.3 Å². The lowest BCUT2D eigenvalue weighted by molar-refractivity contribution is -0.119. The highest BCUT2D eigenvalue weighted by Crippen LogP contribution is 2.34. The predicted molar refractivity (Wildman–Crippen MR) is 133 cm³/mol. The van der Waals surface area contributed by atoms with Crippen molar-refractivity contribution in [1.82, 2.24) is 20.6 Å². The van der Waals surface area contributed by atoms with Crippen LogP contribution < -0.4 is 16.4 Å². The molecule has 0 aliphatic heterocycles. The summed E-state index contributed by atoms with van der Waals surface area (Å²) >= 11 is 5.97. The molecule has 35 heavy (non-hydrogen) atoms. The lowest BCUT2D eigenvalue weighted by Crippen LogP contribution is -2.35. The second-order valence-electron chi connectivity index (χ2n) is 8.79.